The van der Waals surface area contributed by atoms with Crippen LogP contribution in [0.1, 0.15) is 11.1 Å². The third-order valence-electron chi connectivity index (χ3n) is 3.03. The lowest BCUT2D eigenvalue weighted by molar-refractivity contribution is -0.384. The normalized spacial score (nSPS) is 10.4. The van der Waals surface area contributed by atoms with Gasteiger partial charge in [0, 0.05) is 25.2 Å². The lowest BCUT2D eigenvalue weighted by Crippen LogP contribution is -2.13. The molecule has 6 heteroatoms. The fourth-order valence-electron chi connectivity index (χ4n) is 1.92. The summed E-state index contributed by atoms with van der Waals surface area (Å²) in [6.45, 7) is 1.19. The molecule has 5 nitrogen and oxygen atoms in total. The van der Waals surface area contributed by atoms with Crippen LogP contribution in [0.5, 0.6) is 5.75 Å². The zero-order chi connectivity index (χ0) is 15.2. The van der Waals surface area contributed by atoms with E-state index >= 15 is 0 Å². The smallest absolute Gasteiger partial charge is 0.270 e. The highest BCUT2D eigenvalue weighted by atomic mass is 35.5. The second-order valence-corrected chi connectivity index (χ2v) is 4.90. The van der Waals surface area contributed by atoms with E-state index in [1.807, 2.05) is 24.3 Å². The molecule has 0 saturated carbocycles. The van der Waals surface area contributed by atoms with Crippen LogP contribution in [0.25, 0.3) is 0 Å². The van der Waals surface area contributed by atoms with Gasteiger partial charge in [-0.15, -0.1) is 0 Å². The van der Waals surface area contributed by atoms with Crippen molar-refractivity contribution in [2.24, 2.45) is 0 Å². The van der Waals surface area contributed by atoms with E-state index in [1.54, 1.807) is 13.2 Å². The molecule has 0 heterocycles. The quantitative estimate of drug-likeness (QED) is 0.655. The first-order valence-electron chi connectivity index (χ1n) is 6.36. The highest BCUT2D eigenvalue weighted by molar-refractivity contribution is 6.31. The molecule has 1 N–H and O–H groups in total. The van der Waals surface area contributed by atoms with Crippen LogP contribution in [0.15, 0.2) is 42.5 Å². The average molecular weight is 307 g/mol. The van der Waals surface area contributed by atoms with Crippen LogP contribution >= 0.6 is 11.6 Å². The van der Waals surface area contributed by atoms with Crippen molar-refractivity contribution in [2.45, 2.75) is 13.1 Å². The zero-order valence-electron chi connectivity index (χ0n) is 11.5. The molecule has 0 unspecified atom stereocenters. The van der Waals surface area contributed by atoms with Gasteiger partial charge in [0.2, 0.25) is 0 Å². The maximum atomic E-state index is 10.6. The predicted octanol–water partition coefficient (Wildman–Crippen LogP) is 3.55. The van der Waals surface area contributed by atoms with Crippen molar-refractivity contribution in [3.8, 4) is 5.75 Å². The van der Waals surface area contributed by atoms with E-state index in [0.717, 1.165) is 16.9 Å². The molecule has 0 fully saturated rings. The number of rotatable bonds is 6. The van der Waals surface area contributed by atoms with Gasteiger partial charge in [-0.25, -0.2) is 0 Å². The summed E-state index contributed by atoms with van der Waals surface area (Å²) in [6.07, 6.45) is 0. The molecule has 2 aromatic rings. The van der Waals surface area contributed by atoms with Crippen molar-refractivity contribution in [3.05, 3.63) is 68.7 Å². The topological polar surface area (TPSA) is 64.4 Å². The predicted molar refractivity (Wildman–Crippen MR) is 81.6 cm³/mol. The van der Waals surface area contributed by atoms with Gasteiger partial charge in [0.05, 0.1) is 17.1 Å². The number of non-ortho nitro benzene ring substituents is 1. The Kier molecular flexibility index (Phi) is 5.14. The minimum absolute atomic E-state index is 0.00320. The first-order chi connectivity index (χ1) is 10.1. The van der Waals surface area contributed by atoms with Crippen LogP contribution in [0.2, 0.25) is 5.02 Å². The maximum Gasteiger partial charge on any atom is 0.270 e. The fraction of sp³-hybridized carbons (Fsp3) is 0.200. The Hall–Kier alpha value is -2.11. The lowest BCUT2D eigenvalue weighted by Gasteiger charge is -2.08. The molecule has 0 aromatic heterocycles. The van der Waals surface area contributed by atoms with E-state index in [4.69, 9.17) is 16.3 Å². The first-order valence-corrected chi connectivity index (χ1v) is 6.74. The molecule has 0 aliphatic carbocycles. The molecule has 0 bridgehead atoms. The Morgan fingerprint density at radius 2 is 2.05 bits per heavy atom. The van der Waals surface area contributed by atoms with Crippen molar-refractivity contribution in [3.63, 3.8) is 0 Å². The van der Waals surface area contributed by atoms with Gasteiger partial charge in [-0.2, -0.15) is 0 Å². The third kappa shape index (κ3) is 4.18. The highest BCUT2D eigenvalue weighted by Crippen LogP contribution is 2.22. The molecule has 2 rings (SSSR count). The standard InChI is InChI=1S/C15H15ClN2O3/c1-21-14-4-2-3-11(7-14)9-17-10-12-5-6-13(18(19)20)8-15(12)16/h2-8,17H,9-10H2,1H3. The number of hydrogen-bond donors (Lipinski definition) is 1. The number of halogens is 1. The molecule has 0 aliphatic rings. The van der Waals surface area contributed by atoms with Gasteiger partial charge in [0.15, 0.2) is 0 Å². The summed E-state index contributed by atoms with van der Waals surface area (Å²) in [6, 6.07) is 12.2. The number of benzene rings is 2. The maximum absolute atomic E-state index is 10.6. The second kappa shape index (κ2) is 7.06. The first kappa shape index (κ1) is 15.3. The van der Waals surface area contributed by atoms with Crippen molar-refractivity contribution in [2.75, 3.05) is 7.11 Å². The average Bonchev–Trinajstić information content (AvgIpc) is 2.49. The minimum Gasteiger partial charge on any atom is -0.497 e. The molecule has 0 aliphatic heterocycles. The largest absolute Gasteiger partial charge is 0.497 e. The van der Waals surface area contributed by atoms with Gasteiger partial charge in [-0.3, -0.25) is 10.1 Å². The van der Waals surface area contributed by atoms with Crippen LogP contribution in [-0.4, -0.2) is 12.0 Å². The summed E-state index contributed by atoms with van der Waals surface area (Å²) in [5.41, 5.74) is 1.91. The monoisotopic (exact) mass is 306 g/mol. The SMILES string of the molecule is COc1cccc(CNCc2ccc([N+](=O)[O-])cc2Cl)c1. The second-order valence-electron chi connectivity index (χ2n) is 4.49. The van der Waals surface area contributed by atoms with Crippen molar-refractivity contribution >= 4 is 17.3 Å². The van der Waals surface area contributed by atoms with Crippen molar-refractivity contribution in [1.29, 1.82) is 0 Å². The summed E-state index contributed by atoms with van der Waals surface area (Å²) in [7, 11) is 1.63. The number of nitrogens with one attached hydrogen (secondary N) is 1. The molecule has 21 heavy (non-hydrogen) atoms. The van der Waals surface area contributed by atoms with Crippen molar-refractivity contribution in [1.82, 2.24) is 5.32 Å². The number of hydrogen-bond acceptors (Lipinski definition) is 4. The Bertz CT molecular complexity index is 647. The van der Waals surface area contributed by atoms with Gasteiger partial charge in [0.25, 0.3) is 5.69 Å². The van der Waals surface area contributed by atoms with Crippen LogP contribution < -0.4 is 10.1 Å². The van der Waals surface area contributed by atoms with E-state index in [-0.39, 0.29) is 5.69 Å². The number of nitro groups is 1. The van der Waals surface area contributed by atoms with Gasteiger partial charge in [-0.05, 0) is 29.3 Å². The Morgan fingerprint density at radius 3 is 2.71 bits per heavy atom. The molecule has 2 aromatic carbocycles. The van der Waals surface area contributed by atoms with Crippen LogP contribution in [0, 0.1) is 10.1 Å². The fourth-order valence-corrected chi connectivity index (χ4v) is 2.16. The molecule has 0 radical (unpaired) electrons. The number of nitrogens with zero attached hydrogens (tertiary/aromatic N) is 1. The van der Waals surface area contributed by atoms with E-state index < -0.39 is 4.92 Å². The Balaban J connectivity index is 1.95. The number of ether oxygens (including phenoxy) is 1. The summed E-state index contributed by atoms with van der Waals surface area (Å²) >= 11 is 6.04. The number of methoxy groups -OCH3 is 1. The van der Waals surface area contributed by atoms with Crippen LogP contribution in [0.3, 0.4) is 0 Å². The van der Waals surface area contributed by atoms with Crippen LogP contribution in [-0.2, 0) is 13.1 Å². The summed E-state index contributed by atoms with van der Waals surface area (Å²) in [5.74, 6) is 0.808. The molecular formula is C15H15ClN2O3. The zero-order valence-corrected chi connectivity index (χ0v) is 12.3. The summed E-state index contributed by atoms with van der Waals surface area (Å²) in [5, 5.41) is 14.3. The minimum atomic E-state index is -0.459. The molecule has 0 saturated heterocycles. The van der Waals surface area contributed by atoms with E-state index in [9.17, 15) is 10.1 Å². The molecule has 0 atom stereocenters. The highest BCUT2D eigenvalue weighted by Gasteiger charge is 2.09. The van der Waals surface area contributed by atoms with Gasteiger partial charge < -0.3 is 10.1 Å². The van der Waals surface area contributed by atoms with E-state index in [1.165, 1.54) is 12.1 Å². The number of nitro benzene ring substituents is 1. The molecule has 0 spiro atoms. The van der Waals surface area contributed by atoms with Gasteiger partial charge in [-0.1, -0.05) is 23.7 Å². The summed E-state index contributed by atoms with van der Waals surface area (Å²) in [4.78, 5) is 10.2. The third-order valence-corrected chi connectivity index (χ3v) is 3.38. The van der Waals surface area contributed by atoms with Crippen LogP contribution in [0.4, 0.5) is 5.69 Å². The lowest BCUT2D eigenvalue weighted by atomic mass is 10.2. The Labute approximate surface area is 127 Å². The molecular weight excluding hydrogens is 292 g/mol. The van der Waals surface area contributed by atoms with Crippen molar-refractivity contribution < 1.29 is 9.66 Å². The van der Waals surface area contributed by atoms with E-state index in [0.29, 0.717) is 18.1 Å². The molecule has 0 amide bonds. The summed E-state index contributed by atoms with van der Waals surface area (Å²) < 4.78 is 5.16. The molecule has 110 valence electrons. The van der Waals surface area contributed by atoms with E-state index in [2.05, 4.69) is 5.32 Å². The van der Waals surface area contributed by atoms with Gasteiger partial charge >= 0.3 is 0 Å². The van der Waals surface area contributed by atoms with Gasteiger partial charge in [0.1, 0.15) is 5.75 Å². The Morgan fingerprint density at radius 1 is 1.24 bits per heavy atom.